The van der Waals surface area contributed by atoms with Crippen LogP contribution in [0.15, 0.2) is 12.7 Å². The Morgan fingerprint density at radius 2 is 2.50 bits per heavy atom. The molecule has 0 aromatic heterocycles. The zero-order chi connectivity index (χ0) is 8.65. The van der Waals surface area contributed by atoms with Crippen LogP contribution < -0.4 is 5.32 Å². The fraction of sp³-hybridized carbons (Fsp3) is 0.800. The molecule has 0 radical (unpaired) electrons. The number of unbranched alkanes of at least 4 members (excludes halogenated alkanes) is 1. The molecule has 1 aliphatic rings. The molecule has 0 aliphatic carbocycles. The first-order valence-electron chi connectivity index (χ1n) is 4.83. The van der Waals surface area contributed by atoms with Crippen LogP contribution in [0.1, 0.15) is 19.3 Å². The Balaban J connectivity index is 1.84. The Bertz CT molecular complexity index is 119. The summed E-state index contributed by atoms with van der Waals surface area (Å²) in [7, 11) is 0. The Morgan fingerprint density at radius 3 is 3.17 bits per heavy atom. The standard InChI is InChI=1S/C10H19NO/c1-2-3-4-6-11-8-10-5-7-12-9-10/h2,10-11H,1,3-9H2. The molecular formula is C10H19NO. The molecule has 1 rings (SSSR count). The van der Waals surface area contributed by atoms with Gasteiger partial charge in [0.25, 0.3) is 0 Å². The lowest BCUT2D eigenvalue weighted by molar-refractivity contribution is 0.185. The average Bonchev–Trinajstić information content (AvgIpc) is 2.57. The van der Waals surface area contributed by atoms with Gasteiger partial charge in [-0.1, -0.05) is 6.08 Å². The molecule has 1 fully saturated rings. The molecule has 0 amide bonds. The highest BCUT2D eigenvalue weighted by molar-refractivity contribution is 4.69. The highest BCUT2D eigenvalue weighted by Crippen LogP contribution is 2.10. The number of hydrogen-bond donors (Lipinski definition) is 1. The van der Waals surface area contributed by atoms with Crippen molar-refractivity contribution in [2.45, 2.75) is 19.3 Å². The Morgan fingerprint density at radius 1 is 1.58 bits per heavy atom. The maximum absolute atomic E-state index is 5.28. The zero-order valence-corrected chi connectivity index (χ0v) is 7.72. The number of rotatable bonds is 6. The molecule has 2 nitrogen and oxygen atoms in total. The topological polar surface area (TPSA) is 21.3 Å². The van der Waals surface area contributed by atoms with Gasteiger partial charge in [0.15, 0.2) is 0 Å². The van der Waals surface area contributed by atoms with Crippen LogP contribution in [0.2, 0.25) is 0 Å². The van der Waals surface area contributed by atoms with E-state index in [0.717, 1.165) is 38.6 Å². The second-order valence-corrected chi connectivity index (χ2v) is 3.36. The highest BCUT2D eigenvalue weighted by Gasteiger charge is 2.14. The van der Waals surface area contributed by atoms with Crippen LogP contribution in [0.25, 0.3) is 0 Å². The van der Waals surface area contributed by atoms with E-state index in [2.05, 4.69) is 11.9 Å². The van der Waals surface area contributed by atoms with Gasteiger partial charge in [0.2, 0.25) is 0 Å². The molecule has 0 aromatic rings. The van der Waals surface area contributed by atoms with Crippen molar-refractivity contribution < 1.29 is 4.74 Å². The molecule has 1 atom stereocenters. The van der Waals surface area contributed by atoms with Crippen LogP contribution in [0.4, 0.5) is 0 Å². The second-order valence-electron chi connectivity index (χ2n) is 3.36. The van der Waals surface area contributed by atoms with Crippen LogP contribution in [-0.2, 0) is 4.74 Å². The minimum Gasteiger partial charge on any atom is -0.381 e. The lowest BCUT2D eigenvalue weighted by Gasteiger charge is -2.07. The summed E-state index contributed by atoms with van der Waals surface area (Å²) in [6, 6.07) is 0. The van der Waals surface area contributed by atoms with Gasteiger partial charge in [0.05, 0.1) is 6.61 Å². The molecule has 1 unspecified atom stereocenters. The van der Waals surface area contributed by atoms with E-state index in [0.29, 0.717) is 0 Å². The van der Waals surface area contributed by atoms with Crippen molar-refractivity contribution in [2.24, 2.45) is 5.92 Å². The molecule has 1 heterocycles. The molecule has 1 saturated heterocycles. The van der Waals surface area contributed by atoms with Crippen molar-refractivity contribution in [3.8, 4) is 0 Å². The second kappa shape index (κ2) is 6.21. The molecule has 0 spiro atoms. The maximum atomic E-state index is 5.28. The van der Waals surface area contributed by atoms with Crippen LogP contribution >= 0.6 is 0 Å². The van der Waals surface area contributed by atoms with E-state index in [1.807, 2.05) is 6.08 Å². The summed E-state index contributed by atoms with van der Waals surface area (Å²) in [5, 5.41) is 3.43. The predicted octanol–water partition coefficient (Wildman–Crippen LogP) is 1.58. The molecule has 12 heavy (non-hydrogen) atoms. The smallest absolute Gasteiger partial charge is 0.0507 e. The van der Waals surface area contributed by atoms with E-state index >= 15 is 0 Å². The molecule has 70 valence electrons. The number of hydrogen-bond acceptors (Lipinski definition) is 2. The first-order chi connectivity index (χ1) is 5.93. The molecule has 1 N–H and O–H groups in total. The van der Waals surface area contributed by atoms with Gasteiger partial charge in [-0.15, -0.1) is 6.58 Å². The summed E-state index contributed by atoms with van der Waals surface area (Å²) in [4.78, 5) is 0. The average molecular weight is 169 g/mol. The number of nitrogens with one attached hydrogen (secondary N) is 1. The predicted molar refractivity (Wildman–Crippen MR) is 51.2 cm³/mol. The first-order valence-corrected chi connectivity index (χ1v) is 4.83. The van der Waals surface area contributed by atoms with Gasteiger partial charge in [-0.05, 0) is 31.7 Å². The minimum absolute atomic E-state index is 0.758. The van der Waals surface area contributed by atoms with Gasteiger partial charge in [-0.3, -0.25) is 0 Å². The van der Waals surface area contributed by atoms with E-state index in [9.17, 15) is 0 Å². The monoisotopic (exact) mass is 169 g/mol. The van der Waals surface area contributed by atoms with E-state index < -0.39 is 0 Å². The van der Waals surface area contributed by atoms with Crippen molar-refractivity contribution in [2.75, 3.05) is 26.3 Å². The highest BCUT2D eigenvalue weighted by atomic mass is 16.5. The van der Waals surface area contributed by atoms with Crippen LogP contribution in [0.3, 0.4) is 0 Å². The molecular weight excluding hydrogens is 150 g/mol. The number of allylic oxidation sites excluding steroid dienone is 1. The molecule has 0 aromatic carbocycles. The lowest BCUT2D eigenvalue weighted by atomic mass is 10.1. The molecule has 0 saturated carbocycles. The van der Waals surface area contributed by atoms with Gasteiger partial charge in [-0.2, -0.15) is 0 Å². The van der Waals surface area contributed by atoms with Crippen LogP contribution in [0.5, 0.6) is 0 Å². The SMILES string of the molecule is C=CCCCNCC1CCOC1. The quantitative estimate of drug-likeness (QED) is 0.481. The fourth-order valence-electron chi connectivity index (χ4n) is 1.42. The lowest BCUT2D eigenvalue weighted by Crippen LogP contribution is -2.23. The van der Waals surface area contributed by atoms with Crippen LogP contribution in [0, 0.1) is 5.92 Å². The van der Waals surface area contributed by atoms with Gasteiger partial charge in [0, 0.05) is 13.2 Å². The van der Waals surface area contributed by atoms with Crippen molar-refractivity contribution in [3.63, 3.8) is 0 Å². The zero-order valence-electron chi connectivity index (χ0n) is 7.72. The Kier molecular flexibility index (Phi) is 5.04. The van der Waals surface area contributed by atoms with Crippen LogP contribution in [-0.4, -0.2) is 26.3 Å². The third-order valence-electron chi connectivity index (χ3n) is 2.22. The van der Waals surface area contributed by atoms with Crippen molar-refractivity contribution >= 4 is 0 Å². The number of ether oxygens (including phenoxy) is 1. The van der Waals surface area contributed by atoms with Gasteiger partial charge in [0.1, 0.15) is 0 Å². The third kappa shape index (κ3) is 3.88. The normalized spacial score (nSPS) is 22.8. The van der Waals surface area contributed by atoms with E-state index in [1.54, 1.807) is 0 Å². The van der Waals surface area contributed by atoms with E-state index in [-0.39, 0.29) is 0 Å². The van der Waals surface area contributed by atoms with Crippen molar-refractivity contribution in [1.82, 2.24) is 5.32 Å². The summed E-state index contributed by atoms with van der Waals surface area (Å²) in [6.45, 7) is 7.83. The van der Waals surface area contributed by atoms with E-state index in [4.69, 9.17) is 4.74 Å². The van der Waals surface area contributed by atoms with Gasteiger partial charge < -0.3 is 10.1 Å². The largest absolute Gasteiger partial charge is 0.381 e. The first kappa shape index (κ1) is 9.75. The molecule has 0 bridgehead atoms. The molecule has 1 aliphatic heterocycles. The minimum atomic E-state index is 0.758. The summed E-state index contributed by atoms with van der Waals surface area (Å²) in [5.41, 5.74) is 0. The Hall–Kier alpha value is -0.340. The van der Waals surface area contributed by atoms with Gasteiger partial charge >= 0.3 is 0 Å². The maximum Gasteiger partial charge on any atom is 0.0507 e. The summed E-state index contributed by atoms with van der Waals surface area (Å²) >= 11 is 0. The fourth-order valence-corrected chi connectivity index (χ4v) is 1.42. The summed E-state index contributed by atoms with van der Waals surface area (Å²) < 4.78 is 5.28. The van der Waals surface area contributed by atoms with Gasteiger partial charge in [-0.25, -0.2) is 0 Å². The van der Waals surface area contributed by atoms with E-state index in [1.165, 1.54) is 12.8 Å². The molecule has 2 heteroatoms. The summed E-state index contributed by atoms with van der Waals surface area (Å²) in [5.74, 6) is 0.758. The summed E-state index contributed by atoms with van der Waals surface area (Å²) in [6.07, 6.45) is 5.53. The van der Waals surface area contributed by atoms with Crippen molar-refractivity contribution in [1.29, 1.82) is 0 Å². The Labute approximate surface area is 75.0 Å². The van der Waals surface area contributed by atoms with Crippen molar-refractivity contribution in [3.05, 3.63) is 12.7 Å². The third-order valence-corrected chi connectivity index (χ3v) is 2.22.